The van der Waals surface area contributed by atoms with Crippen molar-refractivity contribution >= 4 is 18.0 Å². The molecule has 0 radical (unpaired) electrons. The summed E-state index contributed by atoms with van der Waals surface area (Å²) in [6, 6.07) is 11.6. The van der Waals surface area contributed by atoms with Gasteiger partial charge in [0.2, 0.25) is 0 Å². The summed E-state index contributed by atoms with van der Waals surface area (Å²) in [5.41, 5.74) is 7.65. The van der Waals surface area contributed by atoms with E-state index in [9.17, 15) is 0 Å². The van der Waals surface area contributed by atoms with Gasteiger partial charge in [-0.15, -0.1) is 0 Å². The largest absolute Gasteiger partial charge is 0.488 e. The summed E-state index contributed by atoms with van der Waals surface area (Å²) in [5.74, 6) is 1.09. The van der Waals surface area contributed by atoms with Crippen molar-refractivity contribution in [3.8, 4) is 11.8 Å². The summed E-state index contributed by atoms with van der Waals surface area (Å²) in [6.07, 6.45) is 5.49. The smallest absolute Gasteiger partial charge is 0.141 e. The van der Waals surface area contributed by atoms with Crippen LogP contribution in [0.5, 0.6) is 5.75 Å². The van der Waals surface area contributed by atoms with Gasteiger partial charge in [0.15, 0.2) is 0 Å². The fourth-order valence-corrected chi connectivity index (χ4v) is 1.87. The van der Waals surface area contributed by atoms with E-state index in [1.807, 2.05) is 63.3 Å². The number of benzene rings is 1. The number of pyridine rings is 1. The van der Waals surface area contributed by atoms with Crippen LogP contribution in [0.25, 0.3) is 12.2 Å². The number of nitriles is 1. The molecular formula is C18H19N3O. The van der Waals surface area contributed by atoms with E-state index < -0.39 is 0 Å². The second-order valence-electron chi connectivity index (χ2n) is 5.93. The molecule has 0 unspecified atom stereocenters. The summed E-state index contributed by atoms with van der Waals surface area (Å²) < 4.78 is 5.78. The fraction of sp³-hybridized carbons (Fsp3) is 0.222. The van der Waals surface area contributed by atoms with Crippen molar-refractivity contribution in [2.45, 2.75) is 26.4 Å². The van der Waals surface area contributed by atoms with Gasteiger partial charge in [0.05, 0.1) is 5.56 Å². The van der Waals surface area contributed by atoms with E-state index in [2.05, 4.69) is 4.98 Å². The van der Waals surface area contributed by atoms with E-state index in [-0.39, 0.29) is 11.4 Å². The molecule has 4 nitrogen and oxygen atoms in total. The SMILES string of the molecule is CC(C)(C)Oc1ccc(/C=C/c2cnc(N)c(C#N)c2)cc1. The van der Waals surface area contributed by atoms with E-state index in [0.29, 0.717) is 5.56 Å². The van der Waals surface area contributed by atoms with Crippen molar-refractivity contribution in [3.63, 3.8) is 0 Å². The second kappa shape index (κ2) is 6.31. The predicted molar refractivity (Wildman–Crippen MR) is 89.1 cm³/mol. The van der Waals surface area contributed by atoms with Crippen LogP contribution in [0.15, 0.2) is 36.5 Å². The normalized spacial score (nSPS) is 11.4. The maximum Gasteiger partial charge on any atom is 0.141 e. The summed E-state index contributed by atoms with van der Waals surface area (Å²) >= 11 is 0. The summed E-state index contributed by atoms with van der Waals surface area (Å²) in [6.45, 7) is 6.05. The van der Waals surface area contributed by atoms with Crippen LogP contribution in [0.1, 0.15) is 37.5 Å². The van der Waals surface area contributed by atoms with Gasteiger partial charge in [-0.25, -0.2) is 4.98 Å². The molecule has 112 valence electrons. The van der Waals surface area contributed by atoms with Crippen LogP contribution in [-0.2, 0) is 0 Å². The average Bonchev–Trinajstić information content (AvgIpc) is 2.46. The lowest BCUT2D eigenvalue weighted by molar-refractivity contribution is 0.131. The van der Waals surface area contributed by atoms with E-state index in [1.165, 1.54) is 0 Å². The second-order valence-corrected chi connectivity index (χ2v) is 5.93. The van der Waals surface area contributed by atoms with E-state index in [0.717, 1.165) is 16.9 Å². The zero-order valence-electron chi connectivity index (χ0n) is 13.0. The third-order valence-electron chi connectivity index (χ3n) is 2.83. The van der Waals surface area contributed by atoms with Crippen molar-refractivity contribution in [1.82, 2.24) is 4.98 Å². The lowest BCUT2D eigenvalue weighted by atomic mass is 10.1. The maximum absolute atomic E-state index is 8.94. The van der Waals surface area contributed by atoms with Crippen molar-refractivity contribution < 1.29 is 4.74 Å². The molecule has 0 fully saturated rings. The first-order valence-corrected chi connectivity index (χ1v) is 7.00. The Balaban J connectivity index is 2.12. The topological polar surface area (TPSA) is 71.9 Å². The van der Waals surface area contributed by atoms with Crippen LogP contribution in [0, 0.1) is 11.3 Å². The van der Waals surface area contributed by atoms with Crippen molar-refractivity contribution in [1.29, 1.82) is 5.26 Å². The lowest BCUT2D eigenvalue weighted by Gasteiger charge is -2.21. The van der Waals surface area contributed by atoms with Gasteiger partial charge >= 0.3 is 0 Å². The highest BCUT2D eigenvalue weighted by Gasteiger charge is 2.10. The number of hydrogen-bond acceptors (Lipinski definition) is 4. The monoisotopic (exact) mass is 293 g/mol. The van der Waals surface area contributed by atoms with Crippen LogP contribution >= 0.6 is 0 Å². The Hall–Kier alpha value is -2.80. The third-order valence-corrected chi connectivity index (χ3v) is 2.83. The number of nitrogen functional groups attached to an aromatic ring is 1. The molecule has 0 aliphatic carbocycles. The highest BCUT2D eigenvalue weighted by molar-refractivity contribution is 5.71. The molecule has 0 spiro atoms. The Labute approximate surface area is 130 Å². The Morgan fingerprint density at radius 1 is 1.14 bits per heavy atom. The van der Waals surface area contributed by atoms with Crippen LogP contribution in [0.2, 0.25) is 0 Å². The molecule has 22 heavy (non-hydrogen) atoms. The zero-order chi connectivity index (χ0) is 16.2. The molecule has 1 aromatic carbocycles. The minimum Gasteiger partial charge on any atom is -0.488 e. The number of nitrogens with two attached hydrogens (primary N) is 1. The average molecular weight is 293 g/mol. The number of aromatic nitrogens is 1. The van der Waals surface area contributed by atoms with Crippen molar-refractivity contribution in [3.05, 3.63) is 53.2 Å². The molecule has 0 bridgehead atoms. The number of nitrogens with zero attached hydrogens (tertiary/aromatic N) is 2. The van der Waals surface area contributed by atoms with Gasteiger partial charge in [0.1, 0.15) is 23.2 Å². The zero-order valence-corrected chi connectivity index (χ0v) is 13.0. The Bertz CT molecular complexity index is 719. The molecule has 2 aromatic rings. The molecular weight excluding hydrogens is 274 g/mol. The van der Waals surface area contributed by atoms with E-state index in [4.69, 9.17) is 15.7 Å². The molecule has 4 heteroatoms. The Morgan fingerprint density at radius 2 is 1.77 bits per heavy atom. The van der Waals surface area contributed by atoms with Gasteiger partial charge in [-0.05, 0) is 50.1 Å². The van der Waals surface area contributed by atoms with Crippen molar-refractivity contribution in [2.75, 3.05) is 5.73 Å². The third kappa shape index (κ3) is 4.35. The molecule has 2 N–H and O–H groups in total. The molecule has 0 saturated carbocycles. The van der Waals surface area contributed by atoms with Gasteiger partial charge < -0.3 is 10.5 Å². The molecule has 0 saturated heterocycles. The van der Waals surface area contributed by atoms with Crippen LogP contribution in [-0.4, -0.2) is 10.6 Å². The summed E-state index contributed by atoms with van der Waals surface area (Å²) in [7, 11) is 0. The summed E-state index contributed by atoms with van der Waals surface area (Å²) in [5, 5.41) is 8.94. The molecule has 0 atom stereocenters. The van der Waals surface area contributed by atoms with Gasteiger partial charge in [0, 0.05) is 6.20 Å². The molecule has 2 rings (SSSR count). The molecule has 0 aliphatic rings. The maximum atomic E-state index is 8.94. The molecule has 1 heterocycles. The van der Waals surface area contributed by atoms with Crippen LogP contribution in [0.3, 0.4) is 0 Å². The number of anilines is 1. The fourth-order valence-electron chi connectivity index (χ4n) is 1.87. The molecule has 1 aromatic heterocycles. The molecule has 0 amide bonds. The first kappa shape index (κ1) is 15.6. The number of hydrogen-bond donors (Lipinski definition) is 1. The van der Waals surface area contributed by atoms with E-state index >= 15 is 0 Å². The Kier molecular flexibility index (Phi) is 4.47. The van der Waals surface area contributed by atoms with Gasteiger partial charge in [-0.3, -0.25) is 0 Å². The lowest BCUT2D eigenvalue weighted by Crippen LogP contribution is -2.22. The van der Waals surface area contributed by atoms with E-state index in [1.54, 1.807) is 12.3 Å². The highest BCUT2D eigenvalue weighted by atomic mass is 16.5. The minimum absolute atomic E-state index is 0.208. The highest BCUT2D eigenvalue weighted by Crippen LogP contribution is 2.19. The predicted octanol–water partition coefficient (Wildman–Crippen LogP) is 3.88. The van der Waals surface area contributed by atoms with Gasteiger partial charge in [0.25, 0.3) is 0 Å². The number of ether oxygens (including phenoxy) is 1. The first-order chi connectivity index (χ1) is 10.4. The van der Waals surface area contributed by atoms with Crippen LogP contribution < -0.4 is 10.5 Å². The van der Waals surface area contributed by atoms with Crippen LogP contribution in [0.4, 0.5) is 5.82 Å². The van der Waals surface area contributed by atoms with Gasteiger partial charge in [-0.2, -0.15) is 5.26 Å². The Morgan fingerprint density at radius 3 is 2.36 bits per heavy atom. The quantitative estimate of drug-likeness (QED) is 0.932. The standard InChI is InChI=1S/C18H19N3O/c1-18(2,3)22-16-8-6-13(7-9-16)4-5-14-10-15(11-19)17(20)21-12-14/h4-10,12H,1-3H3,(H2,20,21)/b5-4+. The van der Waals surface area contributed by atoms with Crippen molar-refractivity contribution in [2.24, 2.45) is 0 Å². The minimum atomic E-state index is -0.208. The van der Waals surface area contributed by atoms with Gasteiger partial charge in [-0.1, -0.05) is 24.3 Å². The summed E-state index contributed by atoms with van der Waals surface area (Å²) in [4.78, 5) is 4.00. The first-order valence-electron chi connectivity index (χ1n) is 7.00. The molecule has 0 aliphatic heterocycles. The number of rotatable bonds is 3.